The van der Waals surface area contributed by atoms with Gasteiger partial charge < -0.3 is 14.5 Å². The SMILES string of the molecule is CCN(CCOC)Cc1cc(CNC2CC2)co1. The molecular formula is C14H24N2O2. The van der Waals surface area contributed by atoms with Crippen LogP contribution in [-0.2, 0) is 17.8 Å². The number of hydrogen-bond donors (Lipinski definition) is 1. The lowest BCUT2D eigenvalue weighted by atomic mass is 10.3. The molecule has 0 aromatic carbocycles. The molecule has 0 aliphatic heterocycles. The summed E-state index contributed by atoms with van der Waals surface area (Å²) in [6.45, 7) is 6.68. The van der Waals surface area contributed by atoms with E-state index in [-0.39, 0.29) is 0 Å². The normalized spacial score (nSPS) is 15.5. The first-order valence-electron chi connectivity index (χ1n) is 6.82. The van der Waals surface area contributed by atoms with Gasteiger partial charge in [0.1, 0.15) is 5.76 Å². The maximum atomic E-state index is 5.61. The predicted octanol–water partition coefficient (Wildman–Crippen LogP) is 2.00. The summed E-state index contributed by atoms with van der Waals surface area (Å²) in [7, 11) is 1.74. The van der Waals surface area contributed by atoms with Gasteiger partial charge in [-0.1, -0.05) is 6.92 Å². The monoisotopic (exact) mass is 252 g/mol. The fraction of sp³-hybridized carbons (Fsp3) is 0.714. The Morgan fingerprint density at radius 1 is 1.50 bits per heavy atom. The van der Waals surface area contributed by atoms with E-state index in [9.17, 15) is 0 Å². The van der Waals surface area contributed by atoms with Crippen LogP contribution in [0.1, 0.15) is 31.1 Å². The Kier molecular flexibility index (Phi) is 5.23. The third-order valence-corrected chi connectivity index (χ3v) is 3.32. The first kappa shape index (κ1) is 13.6. The lowest BCUT2D eigenvalue weighted by Crippen LogP contribution is -2.26. The molecule has 0 unspecified atom stereocenters. The summed E-state index contributed by atoms with van der Waals surface area (Å²) in [6, 6.07) is 2.90. The fourth-order valence-electron chi connectivity index (χ4n) is 1.94. The molecule has 1 fully saturated rings. The molecule has 0 radical (unpaired) electrons. The van der Waals surface area contributed by atoms with Crippen LogP contribution in [0.4, 0.5) is 0 Å². The van der Waals surface area contributed by atoms with Gasteiger partial charge in [-0.2, -0.15) is 0 Å². The molecule has 0 saturated heterocycles. The highest BCUT2D eigenvalue weighted by Gasteiger charge is 2.20. The Labute approximate surface area is 109 Å². The second-order valence-corrected chi connectivity index (χ2v) is 4.94. The summed E-state index contributed by atoms with van der Waals surface area (Å²) in [6.07, 6.45) is 4.52. The molecule has 1 aromatic rings. The van der Waals surface area contributed by atoms with Crippen molar-refractivity contribution in [3.05, 3.63) is 23.7 Å². The quantitative estimate of drug-likeness (QED) is 0.729. The van der Waals surface area contributed by atoms with E-state index in [1.807, 2.05) is 6.26 Å². The van der Waals surface area contributed by atoms with E-state index in [4.69, 9.17) is 9.15 Å². The molecule has 18 heavy (non-hydrogen) atoms. The molecule has 102 valence electrons. The number of rotatable bonds is 9. The molecule has 2 rings (SSSR count). The zero-order valence-corrected chi connectivity index (χ0v) is 11.4. The molecule has 0 spiro atoms. The highest BCUT2D eigenvalue weighted by molar-refractivity contribution is 5.13. The largest absolute Gasteiger partial charge is 0.468 e. The van der Waals surface area contributed by atoms with Gasteiger partial charge >= 0.3 is 0 Å². The molecule has 0 atom stereocenters. The molecule has 4 nitrogen and oxygen atoms in total. The van der Waals surface area contributed by atoms with Crippen molar-refractivity contribution in [1.29, 1.82) is 0 Å². The average molecular weight is 252 g/mol. The summed E-state index contributed by atoms with van der Waals surface area (Å²) in [5, 5.41) is 3.49. The third-order valence-electron chi connectivity index (χ3n) is 3.32. The zero-order chi connectivity index (χ0) is 12.8. The van der Waals surface area contributed by atoms with E-state index < -0.39 is 0 Å². The molecule has 1 heterocycles. The Morgan fingerprint density at radius 2 is 2.33 bits per heavy atom. The van der Waals surface area contributed by atoms with Crippen molar-refractivity contribution in [3.8, 4) is 0 Å². The summed E-state index contributed by atoms with van der Waals surface area (Å²) < 4.78 is 10.7. The smallest absolute Gasteiger partial charge is 0.118 e. The van der Waals surface area contributed by atoms with E-state index in [2.05, 4.69) is 23.2 Å². The van der Waals surface area contributed by atoms with E-state index in [1.54, 1.807) is 7.11 Å². The molecule has 4 heteroatoms. The molecule has 1 saturated carbocycles. The predicted molar refractivity (Wildman–Crippen MR) is 71.4 cm³/mol. The van der Waals surface area contributed by atoms with Crippen molar-refractivity contribution < 1.29 is 9.15 Å². The first-order valence-corrected chi connectivity index (χ1v) is 6.82. The van der Waals surface area contributed by atoms with Crippen LogP contribution in [0.5, 0.6) is 0 Å². The second kappa shape index (κ2) is 6.92. The van der Waals surface area contributed by atoms with Crippen molar-refractivity contribution in [2.24, 2.45) is 0 Å². The van der Waals surface area contributed by atoms with Crippen LogP contribution in [0.25, 0.3) is 0 Å². The van der Waals surface area contributed by atoms with Crippen LogP contribution >= 0.6 is 0 Å². The van der Waals surface area contributed by atoms with Crippen molar-refractivity contribution in [3.63, 3.8) is 0 Å². The van der Waals surface area contributed by atoms with Gasteiger partial charge in [0, 0.05) is 31.8 Å². The molecule has 0 bridgehead atoms. The van der Waals surface area contributed by atoms with Crippen molar-refractivity contribution in [2.75, 3.05) is 26.8 Å². The molecule has 1 N–H and O–H groups in total. The van der Waals surface area contributed by atoms with E-state index in [0.29, 0.717) is 0 Å². The van der Waals surface area contributed by atoms with Gasteiger partial charge in [0.25, 0.3) is 0 Å². The van der Waals surface area contributed by atoms with Crippen molar-refractivity contribution >= 4 is 0 Å². The minimum Gasteiger partial charge on any atom is -0.468 e. The number of ether oxygens (including phenoxy) is 1. The minimum absolute atomic E-state index is 0.747. The summed E-state index contributed by atoms with van der Waals surface area (Å²) in [4.78, 5) is 2.32. The fourth-order valence-corrected chi connectivity index (χ4v) is 1.94. The number of hydrogen-bond acceptors (Lipinski definition) is 4. The number of nitrogens with zero attached hydrogens (tertiary/aromatic N) is 1. The summed E-state index contributed by atoms with van der Waals surface area (Å²) in [5.74, 6) is 1.04. The summed E-state index contributed by atoms with van der Waals surface area (Å²) in [5.41, 5.74) is 1.25. The highest BCUT2D eigenvalue weighted by Crippen LogP contribution is 2.19. The van der Waals surface area contributed by atoms with Gasteiger partial charge in [-0.15, -0.1) is 0 Å². The number of furan rings is 1. The first-order chi connectivity index (χ1) is 8.81. The molecule has 0 amide bonds. The standard InChI is InChI=1S/C14H24N2O2/c1-3-16(6-7-17-2)10-14-8-12(11-18-14)9-15-13-4-5-13/h8,11,13,15H,3-7,9-10H2,1-2H3. The Bertz CT molecular complexity index is 347. The van der Waals surface area contributed by atoms with E-state index in [0.717, 1.165) is 44.6 Å². The van der Waals surface area contributed by atoms with E-state index >= 15 is 0 Å². The number of methoxy groups -OCH3 is 1. The minimum atomic E-state index is 0.747. The maximum Gasteiger partial charge on any atom is 0.118 e. The third kappa shape index (κ3) is 4.44. The van der Waals surface area contributed by atoms with Crippen LogP contribution in [0.3, 0.4) is 0 Å². The lowest BCUT2D eigenvalue weighted by molar-refractivity contribution is 0.143. The van der Waals surface area contributed by atoms with Crippen LogP contribution in [0, 0.1) is 0 Å². The van der Waals surface area contributed by atoms with Gasteiger partial charge in [-0.05, 0) is 25.5 Å². The van der Waals surface area contributed by atoms with Crippen molar-refractivity contribution in [1.82, 2.24) is 10.2 Å². The molecule has 1 aromatic heterocycles. The van der Waals surface area contributed by atoms with Crippen LogP contribution < -0.4 is 5.32 Å². The Morgan fingerprint density at radius 3 is 3.00 bits per heavy atom. The highest BCUT2D eigenvalue weighted by atomic mass is 16.5. The van der Waals surface area contributed by atoms with Gasteiger partial charge in [0.2, 0.25) is 0 Å². The average Bonchev–Trinajstić information content (AvgIpc) is 3.12. The van der Waals surface area contributed by atoms with Gasteiger partial charge in [-0.3, -0.25) is 4.90 Å². The van der Waals surface area contributed by atoms with E-state index in [1.165, 1.54) is 18.4 Å². The lowest BCUT2D eigenvalue weighted by Gasteiger charge is -2.18. The Balaban J connectivity index is 1.76. The second-order valence-electron chi connectivity index (χ2n) is 4.94. The zero-order valence-electron chi connectivity index (χ0n) is 11.4. The van der Waals surface area contributed by atoms with Crippen LogP contribution in [0.2, 0.25) is 0 Å². The van der Waals surface area contributed by atoms with Crippen molar-refractivity contribution in [2.45, 2.75) is 38.9 Å². The van der Waals surface area contributed by atoms with Gasteiger partial charge in [0.15, 0.2) is 0 Å². The molecule has 1 aliphatic carbocycles. The molecule has 1 aliphatic rings. The number of likely N-dealkylation sites (N-methyl/N-ethyl adjacent to an activating group) is 1. The molecular weight excluding hydrogens is 228 g/mol. The van der Waals surface area contributed by atoms with Gasteiger partial charge in [0.05, 0.1) is 19.4 Å². The van der Waals surface area contributed by atoms with Crippen LogP contribution in [-0.4, -0.2) is 37.7 Å². The number of nitrogens with one attached hydrogen (secondary N) is 1. The Hall–Kier alpha value is -0.840. The maximum absolute atomic E-state index is 5.61. The topological polar surface area (TPSA) is 37.6 Å². The van der Waals surface area contributed by atoms with Crippen LogP contribution in [0.15, 0.2) is 16.7 Å². The summed E-state index contributed by atoms with van der Waals surface area (Å²) >= 11 is 0. The van der Waals surface area contributed by atoms with Gasteiger partial charge in [-0.25, -0.2) is 0 Å².